The molecule has 0 aromatic rings. The van der Waals surface area contributed by atoms with Crippen molar-refractivity contribution in [2.45, 2.75) is 51.0 Å². The number of nitrogens with two attached hydrogens (primary N) is 1. The van der Waals surface area contributed by atoms with Gasteiger partial charge < -0.3 is 16.0 Å². The van der Waals surface area contributed by atoms with Crippen LogP contribution in [-0.4, -0.2) is 42.4 Å². The quantitative estimate of drug-likeness (QED) is 0.784. The normalized spacial score (nSPS) is 24.5. The van der Waals surface area contributed by atoms with E-state index < -0.39 is 0 Å². The molecule has 0 spiro atoms. The van der Waals surface area contributed by atoms with Crippen LogP contribution in [0.1, 0.15) is 44.9 Å². The van der Waals surface area contributed by atoms with Crippen LogP contribution in [-0.2, 0) is 9.59 Å². The van der Waals surface area contributed by atoms with Crippen molar-refractivity contribution in [3.05, 3.63) is 0 Å². The second kappa shape index (κ2) is 6.89. The highest BCUT2D eigenvalue weighted by Gasteiger charge is 2.31. The zero-order valence-electron chi connectivity index (χ0n) is 11.6. The molecule has 0 bridgehead atoms. The van der Waals surface area contributed by atoms with Crippen LogP contribution in [0.15, 0.2) is 0 Å². The average molecular weight is 267 g/mol. The molecule has 3 N–H and O–H groups in total. The molecule has 1 aliphatic heterocycles. The molecule has 5 nitrogen and oxygen atoms in total. The van der Waals surface area contributed by atoms with Crippen molar-refractivity contribution in [3.63, 3.8) is 0 Å². The number of nitrogens with one attached hydrogen (secondary N) is 1. The molecule has 1 saturated carbocycles. The smallest absolute Gasteiger partial charge is 0.225 e. The third-order valence-corrected chi connectivity index (χ3v) is 4.19. The van der Waals surface area contributed by atoms with Crippen LogP contribution in [0.4, 0.5) is 0 Å². The number of hydrogen-bond donors (Lipinski definition) is 2. The van der Waals surface area contributed by atoms with Crippen LogP contribution in [0, 0.1) is 5.92 Å². The van der Waals surface area contributed by atoms with E-state index >= 15 is 0 Å². The van der Waals surface area contributed by atoms with Gasteiger partial charge >= 0.3 is 0 Å². The third-order valence-electron chi connectivity index (χ3n) is 4.19. The summed E-state index contributed by atoms with van der Waals surface area (Å²) in [7, 11) is 0. The number of hydrogen-bond acceptors (Lipinski definition) is 3. The van der Waals surface area contributed by atoms with Crippen LogP contribution >= 0.6 is 0 Å². The SMILES string of the molecule is NCCC(=O)NC1CCN(C(=O)C2CCCCC2)C1. The van der Waals surface area contributed by atoms with E-state index in [1.165, 1.54) is 19.3 Å². The van der Waals surface area contributed by atoms with E-state index in [0.717, 1.165) is 25.8 Å². The molecule has 0 radical (unpaired) electrons. The molecule has 19 heavy (non-hydrogen) atoms. The Hall–Kier alpha value is -1.10. The molecule has 1 heterocycles. The van der Waals surface area contributed by atoms with Crippen molar-refractivity contribution < 1.29 is 9.59 Å². The summed E-state index contributed by atoms with van der Waals surface area (Å²) in [6.07, 6.45) is 6.95. The molecule has 2 fully saturated rings. The Labute approximate surface area is 114 Å². The second-order valence-corrected chi connectivity index (χ2v) is 5.71. The monoisotopic (exact) mass is 267 g/mol. The first-order chi connectivity index (χ1) is 9.20. The second-order valence-electron chi connectivity index (χ2n) is 5.71. The standard InChI is InChI=1S/C14H25N3O2/c15-8-6-13(18)16-12-7-9-17(10-12)14(19)11-4-2-1-3-5-11/h11-12H,1-10,15H2,(H,16,18). The Bertz CT molecular complexity index is 327. The van der Waals surface area contributed by atoms with E-state index in [2.05, 4.69) is 5.32 Å². The summed E-state index contributed by atoms with van der Waals surface area (Å²) in [5.41, 5.74) is 5.35. The van der Waals surface area contributed by atoms with Gasteiger partial charge in [-0.25, -0.2) is 0 Å². The fourth-order valence-electron chi connectivity index (χ4n) is 3.12. The highest BCUT2D eigenvalue weighted by Crippen LogP contribution is 2.26. The van der Waals surface area contributed by atoms with E-state index in [0.29, 0.717) is 25.4 Å². The molecular formula is C14H25N3O2. The van der Waals surface area contributed by atoms with Gasteiger partial charge in [0.15, 0.2) is 0 Å². The maximum absolute atomic E-state index is 12.4. The van der Waals surface area contributed by atoms with Crippen LogP contribution < -0.4 is 11.1 Å². The molecule has 2 rings (SSSR count). The number of carbonyl (C=O) groups is 2. The first-order valence-corrected chi connectivity index (χ1v) is 7.49. The van der Waals surface area contributed by atoms with E-state index in [9.17, 15) is 9.59 Å². The summed E-state index contributed by atoms with van der Waals surface area (Å²) in [4.78, 5) is 25.8. The van der Waals surface area contributed by atoms with Gasteiger partial charge in [-0.15, -0.1) is 0 Å². The molecule has 0 aromatic heterocycles. The zero-order chi connectivity index (χ0) is 13.7. The zero-order valence-corrected chi connectivity index (χ0v) is 11.6. The summed E-state index contributed by atoms with van der Waals surface area (Å²) in [6.45, 7) is 1.83. The topological polar surface area (TPSA) is 75.4 Å². The van der Waals surface area contributed by atoms with Crippen LogP contribution in [0.5, 0.6) is 0 Å². The molecule has 0 aromatic carbocycles. The summed E-state index contributed by atoms with van der Waals surface area (Å²) in [6, 6.07) is 0.117. The minimum absolute atomic E-state index is 0.000495. The first-order valence-electron chi connectivity index (χ1n) is 7.49. The predicted molar refractivity (Wildman–Crippen MR) is 73.4 cm³/mol. The molecule has 2 amide bonds. The minimum atomic E-state index is -0.000495. The van der Waals surface area contributed by atoms with Gasteiger partial charge in [0.2, 0.25) is 11.8 Å². The lowest BCUT2D eigenvalue weighted by Gasteiger charge is -2.26. The van der Waals surface area contributed by atoms with Crippen LogP contribution in [0.25, 0.3) is 0 Å². The molecule has 1 saturated heterocycles. The predicted octanol–water partition coefficient (Wildman–Crippen LogP) is 0.633. The largest absolute Gasteiger partial charge is 0.351 e. The minimum Gasteiger partial charge on any atom is -0.351 e. The lowest BCUT2D eigenvalue weighted by Crippen LogP contribution is -2.40. The maximum Gasteiger partial charge on any atom is 0.225 e. The molecule has 1 aliphatic carbocycles. The van der Waals surface area contributed by atoms with Gasteiger partial charge in [0, 0.05) is 38.0 Å². The number of amides is 2. The Morgan fingerprint density at radius 3 is 2.58 bits per heavy atom. The fourth-order valence-corrected chi connectivity index (χ4v) is 3.12. The highest BCUT2D eigenvalue weighted by molar-refractivity contribution is 5.80. The van der Waals surface area contributed by atoms with Gasteiger partial charge in [0.1, 0.15) is 0 Å². The molecule has 5 heteroatoms. The van der Waals surface area contributed by atoms with E-state index in [-0.39, 0.29) is 17.9 Å². The van der Waals surface area contributed by atoms with Crippen LogP contribution in [0.3, 0.4) is 0 Å². The van der Waals surface area contributed by atoms with Crippen molar-refractivity contribution in [2.24, 2.45) is 11.7 Å². The van der Waals surface area contributed by atoms with Gasteiger partial charge in [0.05, 0.1) is 0 Å². The summed E-state index contributed by atoms with van der Waals surface area (Å²) in [5.74, 6) is 0.530. The Morgan fingerprint density at radius 2 is 1.89 bits per heavy atom. The van der Waals surface area contributed by atoms with Crippen molar-refractivity contribution in [1.82, 2.24) is 10.2 Å². The van der Waals surface area contributed by atoms with Crippen molar-refractivity contribution in [1.29, 1.82) is 0 Å². The fraction of sp³-hybridized carbons (Fsp3) is 0.857. The van der Waals surface area contributed by atoms with Gasteiger partial charge in [-0.3, -0.25) is 9.59 Å². The van der Waals surface area contributed by atoms with E-state index in [4.69, 9.17) is 5.73 Å². The molecule has 1 unspecified atom stereocenters. The maximum atomic E-state index is 12.4. The lowest BCUT2D eigenvalue weighted by molar-refractivity contribution is -0.135. The summed E-state index contributed by atoms with van der Waals surface area (Å²) in [5, 5.41) is 2.95. The van der Waals surface area contributed by atoms with Gasteiger partial charge in [-0.05, 0) is 19.3 Å². The molecule has 2 aliphatic rings. The van der Waals surface area contributed by atoms with Gasteiger partial charge in [-0.1, -0.05) is 19.3 Å². The highest BCUT2D eigenvalue weighted by atomic mass is 16.2. The molecule has 1 atom stereocenters. The Kier molecular flexibility index (Phi) is 5.19. The van der Waals surface area contributed by atoms with Crippen molar-refractivity contribution in [2.75, 3.05) is 19.6 Å². The summed E-state index contributed by atoms with van der Waals surface area (Å²) >= 11 is 0. The molecular weight excluding hydrogens is 242 g/mol. The van der Waals surface area contributed by atoms with Gasteiger partial charge in [-0.2, -0.15) is 0 Å². The molecule has 108 valence electrons. The van der Waals surface area contributed by atoms with Crippen molar-refractivity contribution in [3.8, 4) is 0 Å². The van der Waals surface area contributed by atoms with Crippen LogP contribution in [0.2, 0.25) is 0 Å². The van der Waals surface area contributed by atoms with E-state index in [1.807, 2.05) is 4.90 Å². The number of nitrogens with zero attached hydrogens (tertiary/aromatic N) is 1. The number of carbonyl (C=O) groups excluding carboxylic acids is 2. The third kappa shape index (κ3) is 3.93. The summed E-state index contributed by atoms with van der Waals surface area (Å²) < 4.78 is 0. The number of rotatable bonds is 4. The Morgan fingerprint density at radius 1 is 1.16 bits per heavy atom. The first kappa shape index (κ1) is 14.3. The van der Waals surface area contributed by atoms with Gasteiger partial charge in [0.25, 0.3) is 0 Å². The lowest BCUT2D eigenvalue weighted by atomic mass is 9.88. The number of likely N-dealkylation sites (tertiary alicyclic amines) is 1. The van der Waals surface area contributed by atoms with Crippen molar-refractivity contribution >= 4 is 11.8 Å². The van der Waals surface area contributed by atoms with E-state index in [1.54, 1.807) is 0 Å². The average Bonchev–Trinajstić information content (AvgIpc) is 2.87. The Balaban J connectivity index is 1.77.